The lowest BCUT2D eigenvalue weighted by Gasteiger charge is -2.32. The predicted octanol–water partition coefficient (Wildman–Crippen LogP) is 5.42. The monoisotopic (exact) mass is 785 g/mol. The molecule has 17 heteroatoms. The smallest absolute Gasteiger partial charge is 0.292 e. The first-order valence-corrected chi connectivity index (χ1v) is 19.0. The van der Waals surface area contributed by atoms with Crippen molar-refractivity contribution in [1.82, 2.24) is 20.1 Å². The molecule has 284 valence electrons. The number of benzene rings is 2. The van der Waals surface area contributed by atoms with Crippen molar-refractivity contribution >= 4 is 50.0 Å². The van der Waals surface area contributed by atoms with Gasteiger partial charge in [0, 0.05) is 30.2 Å². The molecule has 0 unspecified atom stereocenters. The van der Waals surface area contributed by atoms with Crippen LogP contribution in [0, 0.1) is 35.3 Å². The average Bonchev–Trinajstić information content (AvgIpc) is 3.42. The molecule has 2 aromatic heterocycles. The van der Waals surface area contributed by atoms with E-state index in [1.54, 1.807) is 25.2 Å². The number of carbonyl (C=O) groups excluding carboxylic acids is 1. The number of nitrogens with one attached hydrogen (secondary N) is 2. The van der Waals surface area contributed by atoms with Crippen molar-refractivity contribution < 1.29 is 35.9 Å². The van der Waals surface area contributed by atoms with Crippen molar-refractivity contribution in [2.24, 2.45) is 29.6 Å². The number of nitrogens with zero attached hydrogens (tertiary/aromatic N) is 4. The topological polar surface area (TPSA) is 165 Å². The lowest BCUT2D eigenvalue weighted by Crippen LogP contribution is -2.37. The number of pyridine rings is 1. The maximum atomic E-state index is 15.3. The van der Waals surface area contributed by atoms with Crippen molar-refractivity contribution in [3.8, 4) is 23.0 Å². The maximum absolute atomic E-state index is 15.3. The van der Waals surface area contributed by atoms with Crippen LogP contribution < -0.4 is 15.8 Å². The minimum absolute atomic E-state index is 0.0497. The first-order valence-electron chi connectivity index (χ1n) is 16.7. The van der Waals surface area contributed by atoms with Crippen molar-refractivity contribution in [3.63, 3.8) is 0 Å². The molecule has 0 aliphatic heterocycles. The lowest BCUT2D eigenvalue weighted by atomic mass is 9.74. The summed E-state index contributed by atoms with van der Waals surface area (Å²) in [4.78, 5) is 22.5. The molecule has 4 aromatic rings. The zero-order valence-corrected chi connectivity index (χ0v) is 31.1. The van der Waals surface area contributed by atoms with Crippen molar-refractivity contribution in [1.29, 1.82) is 0 Å². The van der Waals surface area contributed by atoms with Gasteiger partial charge in [-0.05, 0) is 92.6 Å². The molecule has 2 aliphatic rings. The van der Waals surface area contributed by atoms with E-state index in [9.17, 15) is 27.1 Å². The van der Waals surface area contributed by atoms with Crippen LogP contribution in [-0.4, -0.2) is 64.2 Å². The molecule has 0 spiro atoms. The number of halogens is 5. The van der Waals surface area contributed by atoms with Gasteiger partial charge in [0.2, 0.25) is 15.9 Å². The Labute approximate surface area is 313 Å². The number of fused-ring (bicyclic) bond motifs is 2. The van der Waals surface area contributed by atoms with Gasteiger partial charge >= 0.3 is 0 Å². The molecule has 0 saturated heterocycles. The van der Waals surface area contributed by atoms with E-state index in [0.717, 1.165) is 24.6 Å². The highest BCUT2D eigenvalue weighted by atomic mass is 35.5. The van der Waals surface area contributed by atoms with Gasteiger partial charge < -0.3 is 16.2 Å². The second-order valence-electron chi connectivity index (χ2n) is 13.9. The predicted molar refractivity (Wildman–Crippen MR) is 197 cm³/mol. The van der Waals surface area contributed by atoms with Gasteiger partial charge in [0.15, 0.2) is 5.82 Å². The third-order valence-electron chi connectivity index (χ3n) is 9.25. The van der Waals surface area contributed by atoms with Gasteiger partial charge in [-0.25, -0.2) is 22.2 Å². The quantitative estimate of drug-likeness (QED) is 0.130. The molecule has 2 fully saturated rings. The average molecular weight is 786 g/mol. The van der Waals surface area contributed by atoms with E-state index in [-0.39, 0.29) is 45.2 Å². The first-order chi connectivity index (χ1) is 25.3. The summed E-state index contributed by atoms with van der Waals surface area (Å²) in [6, 6.07) is 7.98. The summed E-state index contributed by atoms with van der Waals surface area (Å²) in [6.07, 6.45) is 2.65. The molecule has 2 heterocycles. The molecule has 2 aromatic carbocycles. The third kappa shape index (κ3) is 7.94. The summed E-state index contributed by atoms with van der Waals surface area (Å²) in [6.45, 7) is 2.21. The van der Waals surface area contributed by atoms with E-state index in [4.69, 9.17) is 22.3 Å². The first kappa shape index (κ1) is 38.7. The molecule has 5 N–H and O–H groups in total. The molecule has 1 amide bonds. The summed E-state index contributed by atoms with van der Waals surface area (Å²) >= 11 is 6.58. The largest absolute Gasteiger partial charge is 0.404 e. The Morgan fingerprint density at radius 1 is 1.19 bits per heavy atom. The zero-order valence-electron chi connectivity index (χ0n) is 29.5. The molecule has 0 radical (unpaired) electrons. The van der Waals surface area contributed by atoms with Gasteiger partial charge in [-0.1, -0.05) is 23.6 Å². The van der Waals surface area contributed by atoms with E-state index in [0.29, 0.717) is 35.6 Å². The Kier molecular flexibility index (Phi) is 10.3. The lowest BCUT2D eigenvalue weighted by molar-refractivity contribution is -0.120. The number of aryl methyl sites for hydroxylation is 1. The molecule has 3 atom stereocenters. The minimum atomic E-state index is -3.79. The molecule has 2 aliphatic carbocycles. The summed E-state index contributed by atoms with van der Waals surface area (Å²) < 4.78 is 87.7. The van der Waals surface area contributed by atoms with E-state index in [1.165, 1.54) is 24.6 Å². The number of aromatic nitrogens is 3. The van der Waals surface area contributed by atoms with E-state index in [1.807, 2.05) is 0 Å². The number of nitrogens with two attached hydrogens (primary N) is 1. The number of carbonyl (C=O) groups is 1. The maximum Gasteiger partial charge on any atom is 0.292 e. The number of hydrogen-bond donors (Lipinski definition) is 4. The molecule has 2 saturated carbocycles. The Hall–Kier alpha value is -4.98. The van der Waals surface area contributed by atoms with Crippen LogP contribution in [0.1, 0.15) is 49.7 Å². The number of allylic oxidation sites excluding steroid dienone is 1. The molecule has 6 rings (SSSR count). The van der Waals surface area contributed by atoms with Crippen LogP contribution in [-0.2, 0) is 28.3 Å². The van der Waals surface area contributed by atoms with Gasteiger partial charge in [-0.15, -0.1) is 0 Å². The summed E-state index contributed by atoms with van der Waals surface area (Å²) in [5.41, 5.74) is 5.47. The summed E-state index contributed by atoms with van der Waals surface area (Å²) in [5, 5.41) is 17.8. The minimum Gasteiger partial charge on any atom is -0.404 e. The van der Waals surface area contributed by atoms with Crippen LogP contribution in [0.2, 0.25) is 5.02 Å². The van der Waals surface area contributed by atoms with Crippen LogP contribution in [0.4, 0.5) is 23.4 Å². The molecule has 0 bridgehead atoms. The van der Waals surface area contributed by atoms with E-state index >= 15 is 8.78 Å². The number of rotatable bonds is 9. The Bertz CT molecular complexity index is 2400. The third-order valence-corrected chi connectivity index (χ3v) is 10.1. The van der Waals surface area contributed by atoms with Gasteiger partial charge in [0.25, 0.3) is 5.92 Å². The normalized spacial score (nSPS) is 20.0. The van der Waals surface area contributed by atoms with Crippen molar-refractivity contribution in [2.75, 3.05) is 17.5 Å². The summed E-state index contributed by atoms with van der Waals surface area (Å²) in [5.74, 6) is -1.80. The Balaban J connectivity index is 1.51. The number of aliphatic imine (C=N–C) groups is 1. The van der Waals surface area contributed by atoms with E-state index in [2.05, 4.69) is 32.0 Å². The number of amides is 1. The summed E-state index contributed by atoms with van der Waals surface area (Å²) in [7, 11) is -2.22. The van der Waals surface area contributed by atoms with Crippen LogP contribution in [0.5, 0.6) is 0 Å². The van der Waals surface area contributed by atoms with Gasteiger partial charge in [-0.3, -0.25) is 19.2 Å². The fourth-order valence-corrected chi connectivity index (χ4v) is 7.65. The van der Waals surface area contributed by atoms with Crippen LogP contribution in [0.15, 0.2) is 59.2 Å². The van der Waals surface area contributed by atoms with Gasteiger partial charge in [0.05, 0.1) is 33.9 Å². The Morgan fingerprint density at radius 3 is 2.48 bits per heavy atom. The van der Waals surface area contributed by atoms with Crippen LogP contribution in [0.25, 0.3) is 22.0 Å². The van der Waals surface area contributed by atoms with Gasteiger partial charge in [0.1, 0.15) is 35.2 Å². The van der Waals surface area contributed by atoms with Crippen LogP contribution >= 0.6 is 11.6 Å². The fourth-order valence-electron chi connectivity index (χ4n) is 6.92. The highest BCUT2D eigenvalue weighted by Crippen LogP contribution is 2.56. The highest BCUT2D eigenvalue weighted by Gasteiger charge is 2.61. The molecule has 11 nitrogen and oxygen atoms in total. The van der Waals surface area contributed by atoms with Crippen LogP contribution in [0.3, 0.4) is 0 Å². The number of hydrogen-bond acceptors (Lipinski definition) is 8. The molecular weight excluding hydrogens is 750 g/mol. The zero-order chi connectivity index (χ0) is 39.3. The standard InChI is InChI=1S/C37H36ClF4N7O4S/c1-36(2,51)12-11-22-5-6-24(25-8-10-28(38)31-33(25)49(3)47-35(31)48-54(4,52)53)32(45-22)29(15-19-13-20(39)16-21(40)14-19)46-30(50)18-44-34-26(17-43)23-7-9-27(23)37(34,41)42/h5-6,8,10,13-14,16-17,23,27,29,51H,7,9,15,18,43H2,1-4H3,(H,46,50)(H,47,48)/t23-,27-,29+/m1/s1. The number of anilines is 1. The Morgan fingerprint density at radius 2 is 1.87 bits per heavy atom. The fraction of sp³-hybridized carbons (Fsp3) is 0.351. The molecular formula is C37H36ClF4N7O4S. The number of aliphatic hydroxyl groups is 1. The van der Waals surface area contributed by atoms with Crippen molar-refractivity contribution in [2.45, 2.75) is 50.7 Å². The molecule has 54 heavy (non-hydrogen) atoms. The number of alkyl halides is 2. The van der Waals surface area contributed by atoms with Gasteiger partial charge in [-0.2, -0.15) is 13.9 Å². The second kappa shape index (κ2) is 14.3. The SMILES string of the molecule is Cn1nc(NS(C)(=O)=O)c2c(Cl)ccc(-c3ccc(C#CC(C)(C)O)nc3[C@H](Cc3cc(F)cc(F)c3)NC(=O)CN=C3C(=CN)[C@H]4CC[C@H]4C3(F)F)c21. The number of sulfonamides is 1. The highest BCUT2D eigenvalue weighted by molar-refractivity contribution is 7.92. The second-order valence-corrected chi connectivity index (χ2v) is 16.1. The van der Waals surface area contributed by atoms with E-state index < -0.39 is 69.2 Å². The van der Waals surface area contributed by atoms with Crippen molar-refractivity contribution in [3.05, 3.63) is 87.8 Å².